The SMILES string of the molecule is CCc1ccc(-c2c(F)cc(C)c(F)c2F)cc1. The van der Waals surface area contributed by atoms with Crippen LogP contribution in [0.3, 0.4) is 0 Å². The van der Waals surface area contributed by atoms with Gasteiger partial charge >= 0.3 is 0 Å². The van der Waals surface area contributed by atoms with Crippen LogP contribution in [0, 0.1) is 24.4 Å². The van der Waals surface area contributed by atoms with E-state index in [9.17, 15) is 13.2 Å². The monoisotopic (exact) mass is 250 g/mol. The van der Waals surface area contributed by atoms with E-state index in [1.165, 1.54) is 6.92 Å². The molecule has 0 saturated carbocycles. The van der Waals surface area contributed by atoms with Gasteiger partial charge in [0.15, 0.2) is 11.6 Å². The fourth-order valence-corrected chi connectivity index (χ4v) is 1.89. The van der Waals surface area contributed by atoms with Crippen LogP contribution in [0.2, 0.25) is 0 Å². The molecule has 0 amide bonds. The summed E-state index contributed by atoms with van der Waals surface area (Å²) in [5.41, 5.74) is 1.08. The molecule has 0 N–H and O–H groups in total. The van der Waals surface area contributed by atoms with Crippen LogP contribution in [0.15, 0.2) is 30.3 Å². The fraction of sp³-hybridized carbons (Fsp3) is 0.200. The van der Waals surface area contributed by atoms with Crippen molar-refractivity contribution in [2.24, 2.45) is 0 Å². The predicted octanol–water partition coefficient (Wildman–Crippen LogP) is 4.64. The molecule has 0 atom stereocenters. The molecule has 0 aliphatic heterocycles. The molecule has 2 aromatic carbocycles. The molecular formula is C15H13F3. The van der Waals surface area contributed by atoms with Crippen LogP contribution in [-0.4, -0.2) is 0 Å². The number of aryl methyl sites for hydroxylation is 2. The van der Waals surface area contributed by atoms with Gasteiger partial charge in [-0.3, -0.25) is 0 Å². The van der Waals surface area contributed by atoms with Crippen molar-refractivity contribution in [2.45, 2.75) is 20.3 Å². The highest BCUT2D eigenvalue weighted by Gasteiger charge is 2.17. The fourth-order valence-electron chi connectivity index (χ4n) is 1.89. The van der Waals surface area contributed by atoms with Gasteiger partial charge in [-0.1, -0.05) is 31.2 Å². The minimum Gasteiger partial charge on any atom is -0.206 e. The van der Waals surface area contributed by atoms with Gasteiger partial charge in [0.1, 0.15) is 5.82 Å². The molecule has 0 aromatic heterocycles. The molecule has 0 spiro atoms. The molecule has 0 aliphatic carbocycles. The summed E-state index contributed by atoms with van der Waals surface area (Å²) in [5.74, 6) is -2.86. The van der Waals surface area contributed by atoms with E-state index in [0.29, 0.717) is 5.56 Å². The Balaban J connectivity index is 2.59. The zero-order valence-corrected chi connectivity index (χ0v) is 10.2. The topological polar surface area (TPSA) is 0 Å². The van der Waals surface area contributed by atoms with E-state index in [1.54, 1.807) is 24.3 Å². The summed E-state index contributed by atoms with van der Waals surface area (Å²) < 4.78 is 41.0. The molecule has 3 heteroatoms. The lowest BCUT2D eigenvalue weighted by molar-refractivity contribution is 0.493. The predicted molar refractivity (Wildman–Crippen MR) is 65.9 cm³/mol. The van der Waals surface area contributed by atoms with Crippen molar-refractivity contribution in [3.8, 4) is 11.1 Å². The van der Waals surface area contributed by atoms with Crippen LogP contribution in [0.25, 0.3) is 11.1 Å². The molecule has 0 nitrogen and oxygen atoms in total. The molecule has 2 aromatic rings. The van der Waals surface area contributed by atoms with E-state index < -0.39 is 17.5 Å². The second kappa shape index (κ2) is 4.84. The minimum absolute atomic E-state index is 0.0288. The number of hydrogen-bond acceptors (Lipinski definition) is 0. The van der Waals surface area contributed by atoms with Gasteiger partial charge in [-0.15, -0.1) is 0 Å². The number of rotatable bonds is 2. The Morgan fingerprint density at radius 2 is 1.56 bits per heavy atom. The van der Waals surface area contributed by atoms with Crippen LogP contribution in [-0.2, 0) is 6.42 Å². The van der Waals surface area contributed by atoms with E-state index in [0.717, 1.165) is 18.1 Å². The van der Waals surface area contributed by atoms with E-state index in [1.807, 2.05) is 6.92 Å². The Labute approximate surface area is 104 Å². The normalized spacial score (nSPS) is 10.7. The Kier molecular flexibility index (Phi) is 3.41. The lowest BCUT2D eigenvalue weighted by Gasteiger charge is -2.08. The molecule has 18 heavy (non-hydrogen) atoms. The quantitative estimate of drug-likeness (QED) is 0.681. The van der Waals surface area contributed by atoms with Gasteiger partial charge in [0.05, 0.1) is 5.56 Å². The molecule has 0 radical (unpaired) electrons. The highest BCUT2D eigenvalue weighted by Crippen LogP contribution is 2.29. The minimum atomic E-state index is -1.13. The summed E-state index contributed by atoms with van der Waals surface area (Å²) >= 11 is 0. The maximum absolute atomic E-state index is 13.8. The molecule has 2 rings (SSSR count). The van der Waals surface area contributed by atoms with Crippen LogP contribution in [0.5, 0.6) is 0 Å². The van der Waals surface area contributed by atoms with Gasteiger partial charge in [0, 0.05) is 0 Å². The van der Waals surface area contributed by atoms with Gasteiger partial charge < -0.3 is 0 Å². The molecule has 94 valence electrons. The third-order valence-electron chi connectivity index (χ3n) is 2.99. The largest absolute Gasteiger partial charge is 0.206 e. The van der Waals surface area contributed by atoms with Crippen LogP contribution in [0.1, 0.15) is 18.1 Å². The maximum Gasteiger partial charge on any atom is 0.169 e. The Bertz CT molecular complexity index is 571. The Hall–Kier alpha value is -1.77. The van der Waals surface area contributed by atoms with Crippen LogP contribution >= 0.6 is 0 Å². The molecular weight excluding hydrogens is 237 g/mol. The summed E-state index contributed by atoms with van der Waals surface area (Å²) in [6.07, 6.45) is 0.841. The first-order valence-corrected chi connectivity index (χ1v) is 5.78. The molecule has 0 bridgehead atoms. The number of halogens is 3. The van der Waals surface area contributed by atoms with Gasteiger partial charge in [-0.2, -0.15) is 0 Å². The average Bonchev–Trinajstić information content (AvgIpc) is 2.37. The van der Waals surface area contributed by atoms with Crippen molar-refractivity contribution in [1.82, 2.24) is 0 Å². The first kappa shape index (κ1) is 12.7. The van der Waals surface area contributed by atoms with Crippen molar-refractivity contribution < 1.29 is 13.2 Å². The lowest BCUT2D eigenvalue weighted by Crippen LogP contribution is -1.97. The standard InChI is InChI=1S/C15H13F3/c1-3-10-4-6-11(7-5-10)13-12(16)8-9(2)14(17)15(13)18/h4-8H,3H2,1-2H3. The zero-order valence-electron chi connectivity index (χ0n) is 10.2. The van der Waals surface area contributed by atoms with E-state index in [2.05, 4.69) is 0 Å². The Morgan fingerprint density at radius 3 is 2.11 bits per heavy atom. The van der Waals surface area contributed by atoms with Crippen LogP contribution in [0.4, 0.5) is 13.2 Å². The zero-order chi connectivity index (χ0) is 13.3. The van der Waals surface area contributed by atoms with Crippen molar-refractivity contribution in [1.29, 1.82) is 0 Å². The van der Waals surface area contributed by atoms with Gasteiger partial charge in [0.25, 0.3) is 0 Å². The second-order valence-corrected chi connectivity index (χ2v) is 4.23. The smallest absolute Gasteiger partial charge is 0.169 e. The highest BCUT2D eigenvalue weighted by atomic mass is 19.2. The first-order valence-electron chi connectivity index (χ1n) is 5.78. The maximum atomic E-state index is 13.8. The average molecular weight is 250 g/mol. The number of benzene rings is 2. The van der Waals surface area contributed by atoms with E-state index in [-0.39, 0.29) is 11.1 Å². The van der Waals surface area contributed by atoms with Gasteiger partial charge in [0.2, 0.25) is 0 Å². The van der Waals surface area contributed by atoms with Crippen molar-refractivity contribution in [3.63, 3.8) is 0 Å². The van der Waals surface area contributed by atoms with Crippen molar-refractivity contribution in [2.75, 3.05) is 0 Å². The van der Waals surface area contributed by atoms with Crippen LogP contribution < -0.4 is 0 Å². The summed E-state index contributed by atoms with van der Waals surface area (Å²) in [6, 6.07) is 7.80. The lowest BCUT2D eigenvalue weighted by atomic mass is 10.0. The number of hydrogen-bond donors (Lipinski definition) is 0. The van der Waals surface area contributed by atoms with Gasteiger partial charge in [-0.05, 0) is 36.1 Å². The van der Waals surface area contributed by atoms with Gasteiger partial charge in [-0.25, -0.2) is 13.2 Å². The molecule has 0 aliphatic rings. The van der Waals surface area contributed by atoms with Crippen molar-refractivity contribution >= 4 is 0 Å². The summed E-state index contributed by atoms with van der Waals surface area (Å²) in [4.78, 5) is 0. The summed E-state index contributed by atoms with van der Waals surface area (Å²) in [6.45, 7) is 3.33. The third-order valence-corrected chi connectivity index (χ3v) is 2.99. The molecule has 0 unspecified atom stereocenters. The first-order chi connectivity index (χ1) is 8.54. The third kappa shape index (κ3) is 2.13. The molecule has 0 fully saturated rings. The summed E-state index contributed by atoms with van der Waals surface area (Å²) in [5, 5.41) is 0. The second-order valence-electron chi connectivity index (χ2n) is 4.23. The Morgan fingerprint density at radius 1 is 0.944 bits per heavy atom. The summed E-state index contributed by atoms with van der Waals surface area (Å²) in [7, 11) is 0. The highest BCUT2D eigenvalue weighted by molar-refractivity contribution is 5.65. The van der Waals surface area contributed by atoms with E-state index in [4.69, 9.17) is 0 Å². The van der Waals surface area contributed by atoms with E-state index >= 15 is 0 Å². The molecule has 0 saturated heterocycles. The molecule has 0 heterocycles. The van der Waals surface area contributed by atoms with Crippen molar-refractivity contribution in [3.05, 3.63) is 58.9 Å².